The van der Waals surface area contributed by atoms with Gasteiger partial charge in [-0.25, -0.2) is 23.4 Å². The summed E-state index contributed by atoms with van der Waals surface area (Å²) in [7, 11) is 0. The van der Waals surface area contributed by atoms with Crippen molar-refractivity contribution in [1.29, 1.82) is 0 Å². The Morgan fingerprint density at radius 1 is 1.06 bits per heavy atom. The number of rotatable bonds is 1. The number of hydrogen-bond acceptors (Lipinski definition) is 2. The Morgan fingerprint density at radius 2 is 1.56 bits per heavy atom. The molecule has 0 aromatic heterocycles. The minimum atomic E-state index is -1.68. The SMILES string of the molecule is NC(=O)NNC(=O)c1cc(F)c(F)c(F)c1. The second-order valence-corrected chi connectivity index (χ2v) is 2.70. The standard InChI is InChI=1S/C8H6F3N3O2/c9-4-1-3(2-5(10)6(4)11)7(15)13-14-8(12)16/h1-2H,(H,13,15)(H3,12,14,16). The highest BCUT2D eigenvalue weighted by molar-refractivity contribution is 5.95. The van der Waals surface area contributed by atoms with Crippen LogP contribution in [0.5, 0.6) is 0 Å². The zero-order chi connectivity index (χ0) is 12.3. The molecule has 0 aliphatic heterocycles. The lowest BCUT2D eigenvalue weighted by atomic mass is 10.2. The second kappa shape index (κ2) is 4.51. The predicted octanol–water partition coefficient (Wildman–Crippen LogP) is 0.417. The van der Waals surface area contributed by atoms with Gasteiger partial charge in [0.15, 0.2) is 17.5 Å². The van der Waals surface area contributed by atoms with Gasteiger partial charge < -0.3 is 5.73 Å². The molecule has 0 radical (unpaired) electrons. The first-order valence-corrected chi connectivity index (χ1v) is 3.92. The Bertz CT molecular complexity index is 427. The molecule has 0 spiro atoms. The van der Waals surface area contributed by atoms with Gasteiger partial charge in [0.25, 0.3) is 5.91 Å². The molecule has 86 valence electrons. The Morgan fingerprint density at radius 3 is 2.00 bits per heavy atom. The van der Waals surface area contributed by atoms with E-state index >= 15 is 0 Å². The van der Waals surface area contributed by atoms with Crippen LogP contribution in [0.15, 0.2) is 12.1 Å². The van der Waals surface area contributed by atoms with Gasteiger partial charge in [-0.1, -0.05) is 0 Å². The number of halogens is 3. The fourth-order valence-corrected chi connectivity index (χ4v) is 0.877. The van der Waals surface area contributed by atoms with E-state index in [0.717, 1.165) is 0 Å². The van der Waals surface area contributed by atoms with Gasteiger partial charge >= 0.3 is 6.03 Å². The number of hydrazine groups is 1. The van der Waals surface area contributed by atoms with Crippen molar-refractivity contribution in [2.45, 2.75) is 0 Å². The van der Waals surface area contributed by atoms with E-state index in [4.69, 9.17) is 0 Å². The van der Waals surface area contributed by atoms with Crippen molar-refractivity contribution in [2.24, 2.45) is 5.73 Å². The third-order valence-corrected chi connectivity index (χ3v) is 1.55. The smallest absolute Gasteiger partial charge is 0.330 e. The predicted molar refractivity (Wildman–Crippen MR) is 46.5 cm³/mol. The van der Waals surface area contributed by atoms with Crippen LogP contribution in [0.25, 0.3) is 0 Å². The van der Waals surface area contributed by atoms with E-state index in [1.165, 1.54) is 0 Å². The first kappa shape index (κ1) is 11.8. The van der Waals surface area contributed by atoms with Crippen LogP contribution in [-0.4, -0.2) is 11.9 Å². The fraction of sp³-hybridized carbons (Fsp3) is 0. The van der Waals surface area contributed by atoms with Crippen molar-refractivity contribution >= 4 is 11.9 Å². The normalized spacial score (nSPS) is 9.69. The summed E-state index contributed by atoms with van der Waals surface area (Å²) in [5.74, 6) is -5.73. The highest BCUT2D eigenvalue weighted by atomic mass is 19.2. The summed E-state index contributed by atoms with van der Waals surface area (Å²) < 4.78 is 37.9. The molecule has 5 nitrogen and oxygen atoms in total. The van der Waals surface area contributed by atoms with Crippen LogP contribution in [0.3, 0.4) is 0 Å². The number of benzene rings is 1. The number of carbonyl (C=O) groups excluding carboxylic acids is 2. The van der Waals surface area contributed by atoms with Crippen LogP contribution in [0, 0.1) is 17.5 Å². The summed E-state index contributed by atoms with van der Waals surface area (Å²) in [5, 5.41) is 0. The van der Waals surface area contributed by atoms with E-state index in [-0.39, 0.29) is 0 Å². The molecular weight excluding hydrogens is 227 g/mol. The van der Waals surface area contributed by atoms with Crippen molar-refractivity contribution < 1.29 is 22.8 Å². The lowest BCUT2D eigenvalue weighted by molar-refractivity contribution is 0.0936. The number of primary amides is 1. The molecule has 0 saturated carbocycles. The lowest BCUT2D eigenvalue weighted by Gasteiger charge is -2.05. The van der Waals surface area contributed by atoms with E-state index < -0.39 is 35.0 Å². The Kier molecular flexibility index (Phi) is 3.33. The minimum absolute atomic E-state index is 0.483. The molecule has 8 heteroatoms. The highest BCUT2D eigenvalue weighted by Crippen LogP contribution is 2.13. The number of carbonyl (C=O) groups is 2. The maximum Gasteiger partial charge on any atom is 0.330 e. The van der Waals surface area contributed by atoms with Gasteiger partial charge in [0, 0.05) is 5.56 Å². The molecule has 0 heterocycles. The molecule has 0 unspecified atom stereocenters. The Hall–Kier alpha value is -2.25. The number of amides is 3. The van der Waals surface area contributed by atoms with E-state index in [0.29, 0.717) is 12.1 Å². The molecule has 0 bridgehead atoms. The molecule has 0 atom stereocenters. The van der Waals surface area contributed by atoms with Gasteiger partial charge in [-0.2, -0.15) is 0 Å². The molecule has 0 aliphatic carbocycles. The summed E-state index contributed by atoms with van der Waals surface area (Å²) in [5.41, 5.74) is 7.59. The average Bonchev–Trinajstić information content (AvgIpc) is 2.21. The fourth-order valence-electron chi connectivity index (χ4n) is 0.877. The summed E-state index contributed by atoms with van der Waals surface area (Å²) in [6, 6.07) is -0.0938. The van der Waals surface area contributed by atoms with Crippen LogP contribution < -0.4 is 16.6 Å². The van der Waals surface area contributed by atoms with Crippen LogP contribution in [-0.2, 0) is 0 Å². The topological polar surface area (TPSA) is 84.2 Å². The Labute approximate surface area is 87.4 Å². The van der Waals surface area contributed by atoms with Crippen LogP contribution >= 0.6 is 0 Å². The van der Waals surface area contributed by atoms with Gasteiger partial charge in [-0.3, -0.25) is 10.2 Å². The summed E-state index contributed by atoms with van der Waals surface area (Å²) in [6.07, 6.45) is 0. The van der Waals surface area contributed by atoms with Crippen LogP contribution in [0.1, 0.15) is 10.4 Å². The third kappa shape index (κ3) is 2.62. The van der Waals surface area contributed by atoms with Crippen molar-refractivity contribution in [3.05, 3.63) is 35.1 Å². The van der Waals surface area contributed by atoms with E-state index in [9.17, 15) is 22.8 Å². The minimum Gasteiger partial charge on any atom is -0.350 e. The molecule has 3 amide bonds. The maximum atomic E-state index is 12.7. The summed E-state index contributed by atoms with van der Waals surface area (Å²) >= 11 is 0. The second-order valence-electron chi connectivity index (χ2n) is 2.70. The molecule has 0 aliphatic rings. The molecule has 0 saturated heterocycles. The van der Waals surface area contributed by atoms with Crippen LogP contribution in [0.4, 0.5) is 18.0 Å². The first-order valence-electron chi connectivity index (χ1n) is 3.92. The number of nitrogens with two attached hydrogens (primary N) is 1. The summed E-state index contributed by atoms with van der Waals surface area (Å²) in [6.45, 7) is 0. The lowest BCUT2D eigenvalue weighted by Crippen LogP contribution is -2.44. The molecule has 1 rings (SSSR count). The Balaban J connectivity index is 2.88. The zero-order valence-corrected chi connectivity index (χ0v) is 7.68. The first-order chi connectivity index (χ1) is 7.41. The highest BCUT2D eigenvalue weighted by Gasteiger charge is 2.14. The van der Waals surface area contributed by atoms with Crippen LogP contribution in [0.2, 0.25) is 0 Å². The average molecular weight is 233 g/mol. The van der Waals surface area contributed by atoms with Gasteiger partial charge in [-0.15, -0.1) is 0 Å². The zero-order valence-electron chi connectivity index (χ0n) is 7.68. The molecular formula is C8H6F3N3O2. The van der Waals surface area contributed by atoms with Gasteiger partial charge in [-0.05, 0) is 12.1 Å². The molecule has 0 fully saturated rings. The molecule has 1 aromatic rings. The monoisotopic (exact) mass is 233 g/mol. The van der Waals surface area contributed by atoms with Crippen molar-refractivity contribution in [1.82, 2.24) is 10.9 Å². The van der Waals surface area contributed by atoms with Gasteiger partial charge in [0.1, 0.15) is 0 Å². The molecule has 16 heavy (non-hydrogen) atoms. The molecule has 1 aromatic carbocycles. The van der Waals surface area contributed by atoms with E-state index in [1.807, 2.05) is 0 Å². The number of urea groups is 1. The van der Waals surface area contributed by atoms with Gasteiger partial charge in [0.2, 0.25) is 0 Å². The van der Waals surface area contributed by atoms with E-state index in [2.05, 4.69) is 5.73 Å². The quantitative estimate of drug-likeness (QED) is 0.485. The van der Waals surface area contributed by atoms with Crippen molar-refractivity contribution in [3.8, 4) is 0 Å². The largest absolute Gasteiger partial charge is 0.350 e. The molecule has 4 N–H and O–H groups in total. The maximum absolute atomic E-state index is 12.7. The third-order valence-electron chi connectivity index (χ3n) is 1.55. The van der Waals surface area contributed by atoms with E-state index in [1.54, 1.807) is 10.9 Å². The summed E-state index contributed by atoms with van der Waals surface area (Å²) in [4.78, 5) is 21.3. The van der Waals surface area contributed by atoms with Crippen molar-refractivity contribution in [2.75, 3.05) is 0 Å². The number of hydrogen-bond donors (Lipinski definition) is 3. The number of nitrogens with one attached hydrogen (secondary N) is 2. The van der Waals surface area contributed by atoms with Crippen molar-refractivity contribution in [3.63, 3.8) is 0 Å². The van der Waals surface area contributed by atoms with Gasteiger partial charge in [0.05, 0.1) is 0 Å².